The Hall–Kier alpha value is -2.77. The van der Waals surface area contributed by atoms with Gasteiger partial charge in [0.1, 0.15) is 5.54 Å². The van der Waals surface area contributed by atoms with Crippen LogP contribution in [0.2, 0.25) is 0 Å². The molecule has 0 bridgehead atoms. The largest absolute Gasteiger partial charge is 0.467 e. The second kappa shape index (κ2) is 7.23. The summed E-state index contributed by atoms with van der Waals surface area (Å²) in [5.74, 6) is -0.309. The maximum absolute atomic E-state index is 12.4. The smallest absolute Gasteiger partial charge is 0.330 e. The van der Waals surface area contributed by atoms with Crippen LogP contribution in [0.1, 0.15) is 42.2 Å². The minimum Gasteiger partial charge on any atom is -0.467 e. The molecule has 0 aliphatic carbocycles. The van der Waals surface area contributed by atoms with Gasteiger partial charge in [0, 0.05) is 22.6 Å². The molecule has 0 aliphatic rings. The van der Waals surface area contributed by atoms with Crippen molar-refractivity contribution in [2.24, 2.45) is 0 Å². The van der Waals surface area contributed by atoms with E-state index in [1.165, 1.54) is 7.11 Å². The van der Waals surface area contributed by atoms with E-state index in [0.717, 1.165) is 28.3 Å². The van der Waals surface area contributed by atoms with Gasteiger partial charge in [-0.3, -0.25) is 4.79 Å². The molecule has 8 heteroatoms. The second-order valence-electron chi connectivity index (χ2n) is 6.85. The lowest BCUT2D eigenvalue weighted by Gasteiger charge is -2.23. The van der Waals surface area contributed by atoms with Crippen LogP contribution in [-0.2, 0) is 20.7 Å². The van der Waals surface area contributed by atoms with Gasteiger partial charge in [0.05, 0.1) is 19.2 Å². The minimum atomic E-state index is -1.10. The van der Waals surface area contributed by atoms with Gasteiger partial charge in [-0.2, -0.15) is 5.10 Å². The summed E-state index contributed by atoms with van der Waals surface area (Å²) in [6.45, 7) is 10.7. The topological polar surface area (TPSA) is 99.0 Å². The third-order valence-corrected chi connectivity index (χ3v) is 4.09. The highest BCUT2D eigenvalue weighted by Gasteiger charge is 2.31. The molecule has 0 unspecified atom stereocenters. The summed E-state index contributed by atoms with van der Waals surface area (Å²) in [5.41, 5.74) is 2.89. The summed E-state index contributed by atoms with van der Waals surface area (Å²) in [7, 11) is 1.29. The molecule has 1 N–H and O–H groups in total. The van der Waals surface area contributed by atoms with Gasteiger partial charge in [-0.15, -0.1) is 0 Å². The molecule has 140 valence electrons. The zero-order chi connectivity index (χ0) is 19.6. The number of nitrogens with one attached hydrogen (secondary N) is 1. The number of esters is 1. The number of nitrogens with zero attached hydrogens (tertiary/aromatic N) is 4. The van der Waals surface area contributed by atoms with Gasteiger partial charge in [-0.25, -0.2) is 19.4 Å². The number of hydrogen-bond acceptors (Lipinski definition) is 6. The number of aromatic nitrogens is 4. The van der Waals surface area contributed by atoms with Crippen LogP contribution in [0, 0.1) is 27.7 Å². The van der Waals surface area contributed by atoms with E-state index in [-0.39, 0.29) is 12.3 Å². The van der Waals surface area contributed by atoms with Crippen molar-refractivity contribution >= 4 is 11.9 Å². The van der Waals surface area contributed by atoms with Gasteiger partial charge in [0.2, 0.25) is 5.91 Å². The fourth-order valence-electron chi connectivity index (χ4n) is 2.79. The van der Waals surface area contributed by atoms with Crippen molar-refractivity contribution in [3.63, 3.8) is 0 Å². The highest BCUT2D eigenvalue weighted by molar-refractivity contribution is 5.88. The summed E-state index contributed by atoms with van der Waals surface area (Å²) in [6.07, 6.45) is 0.100. The van der Waals surface area contributed by atoms with Crippen LogP contribution in [0.4, 0.5) is 0 Å². The molecule has 0 fully saturated rings. The lowest BCUT2D eigenvalue weighted by molar-refractivity contribution is -0.149. The molecule has 0 aromatic carbocycles. The molecule has 0 saturated carbocycles. The van der Waals surface area contributed by atoms with Crippen LogP contribution in [-0.4, -0.2) is 44.3 Å². The monoisotopic (exact) mass is 359 g/mol. The van der Waals surface area contributed by atoms with Crippen molar-refractivity contribution in [3.05, 3.63) is 34.4 Å². The Kier molecular flexibility index (Phi) is 5.44. The van der Waals surface area contributed by atoms with E-state index < -0.39 is 11.5 Å². The normalized spacial score (nSPS) is 11.3. The molecule has 0 radical (unpaired) electrons. The molecule has 0 aliphatic heterocycles. The summed E-state index contributed by atoms with van der Waals surface area (Å²) in [4.78, 5) is 33.0. The molecule has 2 aromatic heterocycles. The Morgan fingerprint density at radius 2 is 1.73 bits per heavy atom. The summed E-state index contributed by atoms with van der Waals surface area (Å²) in [6, 6.07) is 1.89. The Morgan fingerprint density at radius 1 is 1.15 bits per heavy atom. The van der Waals surface area contributed by atoms with Gasteiger partial charge in [0.25, 0.3) is 5.95 Å². The Bertz CT molecular complexity index is 835. The Morgan fingerprint density at radius 3 is 2.27 bits per heavy atom. The van der Waals surface area contributed by atoms with Crippen molar-refractivity contribution in [3.8, 4) is 5.95 Å². The number of ether oxygens (including phenoxy) is 1. The number of rotatable bonds is 5. The molecule has 26 heavy (non-hydrogen) atoms. The molecule has 0 spiro atoms. The first-order chi connectivity index (χ1) is 12.0. The maximum Gasteiger partial charge on any atom is 0.330 e. The first-order valence-electron chi connectivity index (χ1n) is 8.32. The van der Waals surface area contributed by atoms with E-state index in [1.807, 2.05) is 33.8 Å². The highest BCUT2D eigenvalue weighted by atomic mass is 16.5. The molecule has 1 amide bonds. The first-order valence-corrected chi connectivity index (χ1v) is 8.32. The molecule has 2 aromatic rings. The average Bonchev–Trinajstić information content (AvgIpc) is 2.80. The summed E-state index contributed by atoms with van der Waals surface area (Å²) in [5, 5.41) is 7.18. The second-order valence-corrected chi connectivity index (χ2v) is 6.85. The van der Waals surface area contributed by atoms with Crippen LogP contribution < -0.4 is 5.32 Å². The van der Waals surface area contributed by atoms with Crippen LogP contribution in [0.5, 0.6) is 0 Å². The molecule has 2 rings (SSSR count). The van der Waals surface area contributed by atoms with Crippen molar-refractivity contribution < 1.29 is 14.3 Å². The van der Waals surface area contributed by atoms with Gasteiger partial charge in [-0.05, 0) is 47.6 Å². The van der Waals surface area contributed by atoms with E-state index >= 15 is 0 Å². The fraction of sp³-hybridized carbons (Fsp3) is 0.500. The van der Waals surface area contributed by atoms with Crippen molar-refractivity contribution in [1.82, 2.24) is 25.1 Å². The van der Waals surface area contributed by atoms with Crippen LogP contribution >= 0.6 is 0 Å². The standard InChI is InChI=1S/C18H25N5O3/c1-10-8-11(2)20-17(19-10)23-13(4)14(12(3)22-23)9-15(24)21-18(5,6)16(25)26-7/h8H,9H2,1-7H3,(H,21,24). The Labute approximate surface area is 153 Å². The summed E-state index contributed by atoms with van der Waals surface area (Å²) < 4.78 is 6.35. The molecule has 2 heterocycles. The molecule has 0 atom stereocenters. The SMILES string of the molecule is COC(=O)C(C)(C)NC(=O)Cc1c(C)nn(-c2nc(C)cc(C)n2)c1C. The van der Waals surface area contributed by atoms with E-state index in [9.17, 15) is 9.59 Å². The fourth-order valence-corrected chi connectivity index (χ4v) is 2.79. The third kappa shape index (κ3) is 4.07. The van der Waals surface area contributed by atoms with Gasteiger partial charge in [0.15, 0.2) is 0 Å². The third-order valence-electron chi connectivity index (χ3n) is 4.09. The van der Waals surface area contributed by atoms with E-state index in [4.69, 9.17) is 4.74 Å². The van der Waals surface area contributed by atoms with Crippen LogP contribution in [0.15, 0.2) is 6.07 Å². The quantitative estimate of drug-likeness (QED) is 0.813. The number of methoxy groups -OCH3 is 1. The first kappa shape index (κ1) is 19.6. The predicted molar refractivity (Wildman–Crippen MR) is 96.0 cm³/mol. The lowest BCUT2D eigenvalue weighted by atomic mass is 10.0. The molecule has 0 saturated heterocycles. The zero-order valence-electron chi connectivity index (χ0n) is 16.3. The van der Waals surface area contributed by atoms with Crippen molar-refractivity contribution in [2.45, 2.75) is 53.5 Å². The molecular weight excluding hydrogens is 334 g/mol. The highest BCUT2D eigenvalue weighted by Crippen LogP contribution is 2.18. The number of aryl methyl sites for hydroxylation is 3. The van der Waals surface area contributed by atoms with Crippen molar-refractivity contribution in [2.75, 3.05) is 7.11 Å². The maximum atomic E-state index is 12.4. The number of amides is 1. The van der Waals surface area contributed by atoms with Crippen LogP contribution in [0.3, 0.4) is 0 Å². The number of carbonyl (C=O) groups is 2. The number of carbonyl (C=O) groups excluding carboxylic acids is 2. The van der Waals surface area contributed by atoms with E-state index in [2.05, 4.69) is 20.4 Å². The molecular formula is C18H25N5O3. The summed E-state index contributed by atoms with van der Waals surface area (Å²) >= 11 is 0. The van der Waals surface area contributed by atoms with E-state index in [1.54, 1.807) is 18.5 Å². The predicted octanol–water partition coefficient (Wildman–Crippen LogP) is 1.51. The average molecular weight is 359 g/mol. The Balaban J connectivity index is 2.28. The van der Waals surface area contributed by atoms with Gasteiger partial charge >= 0.3 is 5.97 Å². The number of hydrogen-bond donors (Lipinski definition) is 1. The van der Waals surface area contributed by atoms with Crippen LogP contribution in [0.25, 0.3) is 5.95 Å². The van der Waals surface area contributed by atoms with Crippen molar-refractivity contribution in [1.29, 1.82) is 0 Å². The van der Waals surface area contributed by atoms with E-state index in [0.29, 0.717) is 5.95 Å². The lowest BCUT2D eigenvalue weighted by Crippen LogP contribution is -2.50. The van der Waals surface area contributed by atoms with Gasteiger partial charge in [-0.1, -0.05) is 0 Å². The minimum absolute atomic E-state index is 0.100. The molecule has 8 nitrogen and oxygen atoms in total. The van der Waals surface area contributed by atoms with Gasteiger partial charge < -0.3 is 10.1 Å². The zero-order valence-corrected chi connectivity index (χ0v) is 16.3.